The van der Waals surface area contributed by atoms with Crippen LogP contribution in [0.25, 0.3) is 0 Å². The average molecular weight is 200 g/mol. The van der Waals surface area contributed by atoms with Crippen molar-refractivity contribution in [1.29, 1.82) is 0 Å². The Morgan fingerprint density at radius 1 is 1.77 bits per heavy atom. The monoisotopic (exact) mass is 199 g/mol. The van der Waals surface area contributed by atoms with Crippen LogP contribution in [0.4, 0.5) is 0 Å². The first kappa shape index (κ1) is 8.78. The van der Waals surface area contributed by atoms with Gasteiger partial charge in [-0.2, -0.15) is 0 Å². The molecule has 0 bridgehead atoms. The lowest BCUT2D eigenvalue weighted by molar-refractivity contribution is 0.0790. The Balaban J connectivity index is 2.54. The Hall–Kier alpha value is -0.800. The van der Waals surface area contributed by atoms with E-state index in [9.17, 15) is 5.11 Å². The molecule has 1 unspecified atom stereocenters. The molecule has 1 aromatic heterocycles. The van der Waals surface area contributed by atoms with Crippen molar-refractivity contribution >= 4 is 11.6 Å². The molecule has 70 valence electrons. The highest BCUT2D eigenvalue weighted by Gasteiger charge is 2.24. The van der Waals surface area contributed by atoms with E-state index in [4.69, 9.17) is 16.3 Å². The number of hydrogen-bond donors (Lipinski definition) is 1. The summed E-state index contributed by atoms with van der Waals surface area (Å²) in [6.07, 6.45) is 1.75. The zero-order valence-electron chi connectivity index (χ0n) is 7.25. The molecule has 2 rings (SSSR count). The average Bonchev–Trinajstić information content (AvgIpc) is 2.50. The Morgan fingerprint density at radius 2 is 2.54 bits per heavy atom. The van der Waals surface area contributed by atoms with Gasteiger partial charge in [-0.25, -0.2) is 0 Å². The maximum absolute atomic E-state index is 9.70. The molecule has 1 aliphatic heterocycles. The van der Waals surface area contributed by atoms with Gasteiger partial charge in [-0.3, -0.25) is 4.98 Å². The molecular weight excluding hydrogens is 190 g/mol. The lowest BCUT2D eigenvalue weighted by Crippen LogP contribution is -1.94. The second-order valence-corrected chi connectivity index (χ2v) is 3.34. The van der Waals surface area contributed by atoms with E-state index in [1.54, 1.807) is 6.20 Å². The van der Waals surface area contributed by atoms with E-state index >= 15 is 0 Å². The van der Waals surface area contributed by atoms with E-state index in [-0.39, 0.29) is 17.7 Å². The van der Waals surface area contributed by atoms with Gasteiger partial charge < -0.3 is 9.84 Å². The van der Waals surface area contributed by atoms with Crippen molar-refractivity contribution in [2.75, 3.05) is 0 Å². The quantitative estimate of drug-likeness (QED) is 0.705. The molecule has 0 saturated carbocycles. The van der Waals surface area contributed by atoms with Gasteiger partial charge in [0.25, 0.3) is 0 Å². The van der Waals surface area contributed by atoms with E-state index < -0.39 is 0 Å². The number of hydrogen-bond acceptors (Lipinski definition) is 3. The maximum Gasteiger partial charge on any atom is 0.144 e. The zero-order chi connectivity index (χ0) is 9.42. The third-order valence-corrected chi connectivity index (χ3v) is 2.56. The summed E-state index contributed by atoms with van der Waals surface area (Å²) in [5, 5.41) is 9.70. The van der Waals surface area contributed by atoms with Crippen molar-refractivity contribution in [3.8, 4) is 5.75 Å². The zero-order valence-corrected chi connectivity index (χ0v) is 8.01. The van der Waals surface area contributed by atoms with Crippen LogP contribution in [0.5, 0.6) is 5.75 Å². The molecule has 0 saturated heterocycles. The van der Waals surface area contributed by atoms with E-state index in [0.717, 1.165) is 11.1 Å². The predicted molar refractivity (Wildman–Crippen MR) is 48.7 cm³/mol. The van der Waals surface area contributed by atoms with Gasteiger partial charge in [0.05, 0.1) is 24.3 Å². The van der Waals surface area contributed by atoms with Crippen molar-refractivity contribution in [2.45, 2.75) is 25.5 Å². The highest BCUT2D eigenvalue weighted by Crippen LogP contribution is 2.36. The van der Waals surface area contributed by atoms with Crippen LogP contribution in [-0.4, -0.2) is 10.1 Å². The number of fused-ring (bicyclic) bond motifs is 1. The molecule has 0 aliphatic carbocycles. The number of alkyl halides is 1. The van der Waals surface area contributed by atoms with Crippen molar-refractivity contribution in [1.82, 2.24) is 4.98 Å². The summed E-state index contributed by atoms with van der Waals surface area (Å²) in [7, 11) is 0. The van der Waals surface area contributed by atoms with Crippen LogP contribution in [0.3, 0.4) is 0 Å². The SMILES string of the molecule is CC1OCc2c1cnc(CCl)c2O. The molecule has 13 heavy (non-hydrogen) atoms. The molecule has 0 spiro atoms. The molecule has 0 aromatic carbocycles. The summed E-state index contributed by atoms with van der Waals surface area (Å²) in [5.41, 5.74) is 2.32. The van der Waals surface area contributed by atoms with Gasteiger partial charge in [0.15, 0.2) is 0 Å². The van der Waals surface area contributed by atoms with E-state index in [0.29, 0.717) is 12.3 Å². The summed E-state index contributed by atoms with van der Waals surface area (Å²) in [4.78, 5) is 4.06. The second-order valence-electron chi connectivity index (χ2n) is 3.07. The highest BCUT2D eigenvalue weighted by atomic mass is 35.5. The van der Waals surface area contributed by atoms with Crippen molar-refractivity contribution in [2.24, 2.45) is 0 Å². The van der Waals surface area contributed by atoms with Gasteiger partial charge >= 0.3 is 0 Å². The van der Waals surface area contributed by atoms with Crippen LogP contribution in [0, 0.1) is 0 Å². The number of nitrogens with zero attached hydrogens (tertiary/aromatic N) is 1. The van der Waals surface area contributed by atoms with Crippen molar-refractivity contribution in [3.05, 3.63) is 23.0 Å². The first-order valence-corrected chi connectivity index (χ1v) is 4.64. The van der Waals surface area contributed by atoms with Crippen LogP contribution < -0.4 is 0 Å². The molecule has 0 radical (unpaired) electrons. The van der Waals surface area contributed by atoms with Gasteiger partial charge in [0.1, 0.15) is 5.75 Å². The number of rotatable bonds is 1. The molecule has 1 N–H and O–H groups in total. The fourth-order valence-corrected chi connectivity index (χ4v) is 1.69. The second kappa shape index (κ2) is 3.16. The molecule has 1 aliphatic rings. The number of aromatic hydroxyl groups is 1. The number of ether oxygens (including phenoxy) is 1. The summed E-state index contributed by atoms with van der Waals surface area (Å²) in [5.74, 6) is 0.421. The number of halogens is 1. The smallest absolute Gasteiger partial charge is 0.144 e. The first-order valence-electron chi connectivity index (χ1n) is 4.11. The Labute approximate surface area is 81.3 Å². The van der Waals surface area contributed by atoms with Crippen LogP contribution in [-0.2, 0) is 17.2 Å². The molecular formula is C9H10ClNO2. The van der Waals surface area contributed by atoms with Gasteiger partial charge in [0, 0.05) is 17.3 Å². The van der Waals surface area contributed by atoms with Crippen molar-refractivity contribution < 1.29 is 9.84 Å². The third-order valence-electron chi connectivity index (χ3n) is 2.31. The topological polar surface area (TPSA) is 42.4 Å². The van der Waals surface area contributed by atoms with Gasteiger partial charge in [-0.15, -0.1) is 11.6 Å². The molecule has 0 fully saturated rings. The van der Waals surface area contributed by atoms with Crippen LogP contribution in [0.2, 0.25) is 0 Å². The summed E-state index contributed by atoms with van der Waals surface area (Å²) >= 11 is 5.61. The van der Waals surface area contributed by atoms with Crippen LogP contribution in [0.15, 0.2) is 6.20 Å². The van der Waals surface area contributed by atoms with Crippen LogP contribution >= 0.6 is 11.6 Å². The summed E-state index contributed by atoms with van der Waals surface area (Å²) < 4.78 is 5.36. The summed E-state index contributed by atoms with van der Waals surface area (Å²) in [6, 6.07) is 0. The van der Waals surface area contributed by atoms with Crippen molar-refractivity contribution in [3.63, 3.8) is 0 Å². The minimum Gasteiger partial charge on any atom is -0.506 e. The fraction of sp³-hybridized carbons (Fsp3) is 0.444. The molecule has 4 heteroatoms. The molecule has 3 nitrogen and oxygen atoms in total. The third kappa shape index (κ3) is 1.28. The van der Waals surface area contributed by atoms with E-state index in [2.05, 4.69) is 4.98 Å². The van der Waals surface area contributed by atoms with Crippen LogP contribution in [0.1, 0.15) is 29.8 Å². The Morgan fingerprint density at radius 3 is 3.23 bits per heavy atom. The highest BCUT2D eigenvalue weighted by molar-refractivity contribution is 6.17. The predicted octanol–water partition coefficient (Wildman–Crippen LogP) is 2.12. The Bertz CT molecular complexity index is 341. The van der Waals surface area contributed by atoms with Gasteiger partial charge in [-0.05, 0) is 6.92 Å². The molecule has 2 heterocycles. The molecule has 1 aromatic rings. The van der Waals surface area contributed by atoms with Gasteiger partial charge in [0.2, 0.25) is 0 Å². The molecule has 0 amide bonds. The van der Waals surface area contributed by atoms with Gasteiger partial charge in [-0.1, -0.05) is 0 Å². The normalized spacial score (nSPS) is 20.3. The fourth-order valence-electron chi connectivity index (χ4n) is 1.50. The largest absolute Gasteiger partial charge is 0.506 e. The lowest BCUT2D eigenvalue weighted by atomic mass is 10.1. The molecule has 1 atom stereocenters. The van der Waals surface area contributed by atoms with E-state index in [1.807, 2.05) is 6.92 Å². The van der Waals surface area contributed by atoms with E-state index in [1.165, 1.54) is 0 Å². The number of pyridine rings is 1. The number of aromatic nitrogens is 1. The first-order chi connectivity index (χ1) is 6.24. The Kier molecular flexibility index (Phi) is 2.14. The standard InChI is InChI=1S/C9H10ClNO2/c1-5-6-3-11-8(2-10)9(12)7(6)4-13-5/h3,5,12H,2,4H2,1H3. The maximum atomic E-state index is 9.70. The lowest BCUT2D eigenvalue weighted by Gasteiger charge is -2.05. The summed E-state index contributed by atoms with van der Waals surface area (Å²) in [6.45, 7) is 2.39. The minimum absolute atomic E-state index is 0.0257. The minimum atomic E-state index is 0.0257.